The average molecular weight is 209 g/mol. The highest BCUT2D eigenvalue weighted by atomic mass is 16.5. The van der Waals surface area contributed by atoms with Crippen molar-refractivity contribution in [3.63, 3.8) is 0 Å². The molecule has 0 aromatic carbocycles. The molecule has 15 heavy (non-hydrogen) atoms. The summed E-state index contributed by atoms with van der Waals surface area (Å²) >= 11 is 0. The van der Waals surface area contributed by atoms with Gasteiger partial charge in [-0.15, -0.1) is 0 Å². The van der Waals surface area contributed by atoms with Crippen LogP contribution >= 0.6 is 0 Å². The van der Waals surface area contributed by atoms with Crippen LogP contribution < -0.4 is 0 Å². The first-order valence-corrected chi connectivity index (χ1v) is 5.87. The molecule has 1 atom stereocenters. The van der Waals surface area contributed by atoms with E-state index in [1.165, 1.54) is 19.3 Å². The van der Waals surface area contributed by atoms with Gasteiger partial charge in [0.2, 0.25) is 5.89 Å². The van der Waals surface area contributed by atoms with Crippen LogP contribution in [0.1, 0.15) is 50.9 Å². The normalized spacial score (nSPS) is 20.4. The van der Waals surface area contributed by atoms with E-state index in [4.69, 9.17) is 4.52 Å². The molecule has 0 saturated carbocycles. The van der Waals surface area contributed by atoms with Crippen molar-refractivity contribution >= 4 is 0 Å². The molecule has 1 saturated heterocycles. The van der Waals surface area contributed by atoms with Gasteiger partial charge in [-0.25, -0.2) is 0 Å². The Bertz CT molecular complexity index is 305. The van der Waals surface area contributed by atoms with Crippen molar-refractivity contribution in [1.29, 1.82) is 0 Å². The minimum Gasteiger partial charge on any atom is -0.338 e. The van der Waals surface area contributed by atoms with Crippen molar-refractivity contribution in [3.8, 4) is 0 Å². The summed E-state index contributed by atoms with van der Waals surface area (Å²) in [4.78, 5) is 6.81. The van der Waals surface area contributed by atoms with Crippen molar-refractivity contribution in [2.24, 2.45) is 0 Å². The van der Waals surface area contributed by atoms with Crippen LogP contribution in [0.15, 0.2) is 4.52 Å². The summed E-state index contributed by atoms with van der Waals surface area (Å²) in [5, 5.41) is 3.94. The molecule has 1 aromatic heterocycles. The number of rotatable bonds is 3. The lowest BCUT2D eigenvalue weighted by Gasteiger charge is -2.29. The maximum atomic E-state index is 5.27. The Balaban J connectivity index is 2.02. The third kappa shape index (κ3) is 2.37. The van der Waals surface area contributed by atoms with E-state index in [1.54, 1.807) is 0 Å². The Morgan fingerprint density at radius 3 is 2.67 bits per heavy atom. The van der Waals surface area contributed by atoms with Gasteiger partial charge in [0.15, 0.2) is 5.82 Å². The van der Waals surface area contributed by atoms with Gasteiger partial charge in [0.05, 0.1) is 6.04 Å². The van der Waals surface area contributed by atoms with Gasteiger partial charge in [0, 0.05) is 6.42 Å². The summed E-state index contributed by atoms with van der Waals surface area (Å²) in [6.07, 6.45) is 4.78. The molecule has 1 fully saturated rings. The van der Waals surface area contributed by atoms with E-state index in [9.17, 15) is 0 Å². The highest BCUT2D eigenvalue weighted by molar-refractivity contribution is 4.92. The fraction of sp³-hybridized carbons (Fsp3) is 0.818. The zero-order chi connectivity index (χ0) is 10.7. The SMILES string of the molecule is CCc1noc(C(C)N2CCCCC2)n1. The van der Waals surface area contributed by atoms with E-state index in [2.05, 4.69) is 22.0 Å². The van der Waals surface area contributed by atoms with Gasteiger partial charge in [0.1, 0.15) is 0 Å². The summed E-state index contributed by atoms with van der Waals surface area (Å²) in [5.41, 5.74) is 0. The third-order valence-corrected chi connectivity index (χ3v) is 3.10. The van der Waals surface area contributed by atoms with Crippen LogP contribution in [-0.2, 0) is 6.42 Å². The fourth-order valence-corrected chi connectivity index (χ4v) is 2.04. The molecule has 0 radical (unpaired) electrons. The number of nitrogens with zero attached hydrogens (tertiary/aromatic N) is 3. The second-order valence-electron chi connectivity index (χ2n) is 4.17. The first-order valence-electron chi connectivity index (χ1n) is 5.87. The standard InChI is InChI=1S/C11H19N3O/c1-3-10-12-11(15-13-10)9(2)14-7-5-4-6-8-14/h9H,3-8H2,1-2H3. The lowest BCUT2D eigenvalue weighted by molar-refractivity contribution is 0.146. The number of likely N-dealkylation sites (tertiary alicyclic amines) is 1. The van der Waals surface area contributed by atoms with Gasteiger partial charge in [-0.05, 0) is 32.9 Å². The van der Waals surface area contributed by atoms with E-state index < -0.39 is 0 Å². The van der Waals surface area contributed by atoms with Gasteiger partial charge in [-0.3, -0.25) is 4.90 Å². The molecule has 84 valence electrons. The van der Waals surface area contributed by atoms with Crippen LogP contribution in [0.2, 0.25) is 0 Å². The topological polar surface area (TPSA) is 42.2 Å². The molecule has 1 unspecified atom stereocenters. The molecule has 1 aliphatic heterocycles. The van der Waals surface area contributed by atoms with Crippen LogP contribution in [0.4, 0.5) is 0 Å². The molecule has 4 nitrogen and oxygen atoms in total. The van der Waals surface area contributed by atoms with Crippen molar-refractivity contribution < 1.29 is 4.52 Å². The zero-order valence-corrected chi connectivity index (χ0v) is 9.57. The molecule has 2 rings (SSSR count). The first kappa shape index (κ1) is 10.6. The van der Waals surface area contributed by atoms with Crippen LogP contribution in [0, 0.1) is 0 Å². The van der Waals surface area contributed by atoms with Crippen LogP contribution in [0.3, 0.4) is 0 Å². The second kappa shape index (κ2) is 4.75. The predicted octanol–water partition coefficient (Wildman–Crippen LogP) is 2.18. The fourth-order valence-electron chi connectivity index (χ4n) is 2.04. The summed E-state index contributed by atoms with van der Waals surface area (Å²) in [6.45, 7) is 6.51. The Labute approximate surface area is 90.7 Å². The summed E-state index contributed by atoms with van der Waals surface area (Å²) in [6, 6.07) is 0.276. The highest BCUT2D eigenvalue weighted by Crippen LogP contribution is 2.22. The molecule has 0 bridgehead atoms. The summed E-state index contributed by atoms with van der Waals surface area (Å²) in [5.74, 6) is 1.59. The smallest absolute Gasteiger partial charge is 0.243 e. The quantitative estimate of drug-likeness (QED) is 0.765. The molecule has 4 heteroatoms. The van der Waals surface area contributed by atoms with Crippen molar-refractivity contribution in [3.05, 3.63) is 11.7 Å². The Morgan fingerprint density at radius 2 is 2.07 bits per heavy atom. The predicted molar refractivity (Wildman–Crippen MR) is 57.5 cm³/mol. The first-order chi connectivity index (χ1) is 7.31. The van der Waals surface area contributed by atoms with Crippen molar-refractivity contribution in [2.75, 3.05) is 13.1 Å². The second-order valence-corrected chi connectivity index (χ2v) is 4.17. The lowest BCUT2D eigenvalue weighted by atomic mass is 10.1. The Hall–Kier alpha value is -0.900. The van der Waals surface area contributed by atoms with E-state index in [-0.39, 0.29) is 6.04 Å². The Morgan fingerprint density at radius 1 is 1.33 bits per heavy atom. The minimum absolute atomic E-state index is 0.276. The van der Waals surface area contributed by atoms with E-state index in [0.29, 0.717) is 0 Å². The van der Waals surface area contributed by atoms with E-state index >= 15 is 0 Å². The zero-order valence-electron chi connectivity index (χ0n) is 9.57. The minimum atomic E-state index is 0.276. The number of hydrogen-bond acceptors (Lipinski definition) is 4. The van der Waals surface area contributed by atoms with Gasteiger partial charge < -0.3 is 4.52 Å². The molecule has 0 amide bonds. The molecule has 0 aliphatic carbocycles. The summed E-state index contributed by atoms with van der Waals surface area (Å²) < 4.78 is 5.27. The largest absolute Gasteiger partial charge is 0.338 e. The van der Waals surface area contributed by atoms with E-state index in [0.717, 1.165) is 31.2 Å². The molecule has 1 aromatic rings. The van der Waals surface area contributed by atoms with Crippen LogP contribution in [0.5, 0.6) is 0 Å². The monoisotopic (exact) mass is 209 g/mol. The lowest BCUT2D eigenvalue weighted by Crippen LogP contribution is -2.32. The van der Waals surface area contributed by atoms with Crippen LogP contribution in [0.25, 0.3) is 0 Å². The third-order valence-electron chi connectivity index (χ3n) is 3.10. The number of aromatic nitrogens is 2. The maximum absolute atomic E-state index is 5.27. The molecular formula is C11H19N3O. The molecule has 0 spiro atoms. The number of hydrogen-bond donors (Lipinski definition) is 0. The van der Waals surface area contributed by atoms with Crippen molar-refractivity contribution in [1.82, 2.24) is 15.0 Å². The van der Waals surface area contributed by atoms with Gasteiger partial charge in [-0.2, -0.15) is 4.98 Å². The number of aryl methyl sites for hydroxylation is 1. The van der Waals surface area contributed by atoms with Crippen LogP contribution in [-0.4, -0.2) is 28.1 Å². The Kier molecular flexibility index (Phi) is 3.36. The van der Waals surface area contributed by atoms with Crippen molar-refractivity contribution in [2.45, 2.75) is 45.6 Å². The average Bonchev–Trinajstić information content (AvgIpc) is 2.78. The molecule has 0 N–H and O–H groups in total. The maximum Gasteiger partial charge on any atom is 0.243 e. The molecule has 1 aliphatic rings. The molecular weight excluding hydrogens is 190 g/mol. The van der Waals surface area contributed by atoms with Gasteiger partial charge >= 0.3 is 0 Å². The summed E-state index contributed by atoms with van der Waals surface area (Å²) in [7, 11) is 0. The molecule has 2 heterocycles. The van der Waals surface area contributed by atoms with E-state index in [1.807, 2.05) is 6.92 Å². The highest BCUT2D eigenvalue weighted by Gasteiger charge is 2.22. The van der Waals surface area contributed by atoms with Gasteiger partial charge in [-0.1, -0.05) is 18.5 Å². The van der Waals surface area contributed by atoms with Gasteiger partial charge in [0.25, 0.3) is 0 Å². The number of piperidine rings is 1.